The number of rotatable bonds is 4. The number of hydrogen-bond donors (Lipinski definition) is 1. The largest absolute Gasteiger partial charge is 0.301 e. The molecule has 1 aromatic carbocycles. The summed E-state index contributed by atoms with van der Waals surface area (Å²) in [5.74, 6) is 0. The summed E-state index contributed by atoms with van der Waals surface area (Å²) < 4.78 is 44.1. The summed E-state index contributed by atoms with van der Waals surface area (Å²) in [5, 5.41) is 0. The highest BCUT2D eigenvalue weighted by Gasteiger charge is 2.23. The molecule has 0 aromatic heterocycles. The first kappa shape index (κ1) is 16.3. The molecule has 1 N–H and O–H groups in total. The van der Waals surface area contributed by atoms with Crippen molar-refractivity contribution in [2.75, 3.05) is 30.3 Å². The van der Waals surface area contributed by atoms with E-state index in [4.69, 9.17) is 0 Å². The second-order valence-electron chi connectivity index (χ2n) is 5.39. The molecule has 1 aliphatic heterocycles. The maximum absolute atomic E-state index is 12.2. The van der Waals surface area contributed by atoms with Gasteiger partial charge in [-0.25, -0.2) is 4.21 Å². The van der Waals surface area contributed by atoms with E-state index in [2.05, 4.69) is 9.08 Å². The number of hydrogen-bond acceptors (Lipinski definition) is 4. The number of nitrogens with zero attached hydrogens (tertiary/aromatic N) is 2. The van der Waals surface area contributed by atoms with Crippen molar-refractivity contribution in [1.82, 2.24) is 4.31 Å². The van der Waals surface area contributed by atoms with Gasteiger partial charge in [0.2, 0.25) is 0 Å². The predicted molar refractivity (Wildman–Crippen MR) is 86.5 cm³/mol. The van der Waals surface area contributed by atoms with Crippen molar-refractivity contribution in [3.63, 3.8) is 0 Å². The van der Waals surface area contributed by atoms with E-state index in [0.717, 1.165) is 19.3 Å². The molecule has 118 valence electrons. The Bertz CT molecular complexity index is 691. The smallest absolute Gasteiger partial charge is 0.271 e. The molecular weight excluding hydrogens is 310 g/mol. The lowest BCUT2D eigenvalue weighted by Gasteiger charge is -2.26. The Morgan fingerprint density at radius 2 is 1.57 bits per heavy atom. The van der Waals surface area contributed by atoms with Gasteiger partial charge in [0, 0.05) is 41.0 Å². The predicted octanol–water partition coefficient (Wildman–Crippen LogP) is 2.19. The van der Waals surface area contributed by atoms with E-state index in [0.29, 0.717) is 24.5 Å². The lowest BCUT2D eigenvalue weighted by Crippen LogP contribution is -2.39. The van der Waals surface area contributed by atoms with Crippen LogP contribution in [0.1, 0.15) is 19.3 Å². The fourth-order valence-corrected chi connectivity index (χ4v) is 4.09. The van der Waals surface area contributed by atoms with Gasteiger partial charge in [-0.15, -0.1) is 0 Å². The van der Waals surface area contributed by atoms with E-state index in [-0.39, 0.29) is 0 Å². The summed E-state index contributed by atoms with van der Waals surface area (Å²) >= 11 is 0. The van der Waals surface area contributed by atoms with Crippen LogP contribution in [0.5, 0.6) is 0 Å². The lowest BCUT2D eigenvalue weighted by molar-refractivity contribution is 0.349. The van der Waals surface area contributed by atoms with Gasteiger partial charge in [-0.05, 0) is 37.1 Å². The quantitative estimate of drug-likeness (QED) is 0.918. The number of anilines is 1. The molecular formula is C13H21N3O3S2. The van der Waals surface area contributed by atoms with Crippen LogP contribution in [0, 0.1) is 0 Å². The molecule has 1 aliphatic rings. The summed E-state index contributed by atoms with van der Waals surface area (Å²) in [7, 11) is -5.70. The van der Waals surface area contributed by atoms with Gasteiger partial charge in [0.1, 0.15) is 0 Å². The molecule has 1 aromatic rings. The Hall–Kier alpha value is -1.12. The maximum Gasteiger partial charge on any atom is 0.301 e. The normalized spacial score (nSPS) is 17.4. The fraction of sp³-hybridized carbons (Fsp3) is 0.538. The molecule has 0 spiro atoms. The summed E-state index contributed by atoms with van der Waals surface area (Å²) in [6.45, 7) is 1.13. The van der Waals surface area contributed by atoms with Crippen LogP contribution in [0.4, 0.5) is 11.4 Å². The maximum atomic E-state index is 12.2. The van der Waals surface area contributed by atoms with Gasteiger partial charge in [0.25, 0.3) is 0 Å². The van der Waals surface area contributed by atoms with Gasteiger partial charge in [-0.2, -0.15) is 17.1 Å². The Morgan fingerprint density at radius 1 is 1.00 bits per heavy atom. The standard InChI is InChI=1S/C13H21N3O3S2/c1-20(2,17)14-12-6-8-13(9-7-12)15-21(18,19)16-10-4-3-5-11-16/h6-9,15H,3-5,10-11H2,1-2H3. The monoisotopic (exact) mass is 331 g/mol. The van der Waals surface area contributed by atoms with Crippen LogP contribution in [0.15, 0.2) is 28.6 Å². The van der Waals surface area contributed by atoms with Crippen LogP contribution < -0.4 is 4.72 Å². The fourth-order valence-electron chi connectivity index (χ4n) is 2.16. The third-order valence-electron chi connectivity index (χ3n) is 3.09. The van der Waals surface area contributed by atoms with Crippen molar-refractivity contribution >= 4 is 31.3 Å². The highest BCUT2D eigenvalue weighted by molar-refractivity contribution is 7.92. The zero-order valence-electron chi connectivity index (χ0n) is 12.3. The Morgan fingerprint density at radius 3 is 2.10 bits per heavy atom. The molecule has 0 bridgehead atoms. The topological polar surface area (TPSA) is 78.8 Å². The summed E-state index contributed by atoms with van der Waals surface area (Å²) in [5.41, 5.74) is 1.06. The minimum absolute atomic E-state index is 0.484. The first-order valence-corrected chi connectivity index (χ1v) is 10.6. The molecule has 21 heavy (non-hydrogen) atoms. The molecule has 0 atom stereocenters. The summed E-state index contributed by atoms with van der Waals surface area (Å²) in [6, 6.07) is 6.57. The molecule has 1 fully saturated rings. The second kappa shape index (κ2) is 6.33. The van der Waals surface area contributed by atoms with Crippen LogP contribution in [0.3, 0.4) is 0 Å². The highest BCUT2D eigenvalue weighted by atomic mass is 32.2. The average molecular weight is 331 g/mol. The first-order chi connectivity index (χ1) is 9.76. The molecule has 0 saturated carbocycles. The van der Waals surface area contributed by atoms with Crippen molar-refractivity contribution in [2.45, 2.75) is 19.3 Å². The summed E-state index contributed by atoms with van der Waals surface area (Å²) in [6.07, 6.45) is 6.00. The lowest BCUT2D eigenvalue weighted by atomic mass is 10.2. The molecule has 0 amide bonds. The van der Waals surface area contributed by atoms with E-state index in [9.17, 15) is 12.6 Å². The molecule has 0 aliphatic carbocycles. The Labute approximate surface area is 126 Å². The van der Waals surface area contributed by atoms with Crippen LogP contribution in [0.25, 0.3) is 0 Å². The zero-order chi connectivity index (χ0) is 15.5. The number of benzene rings is 1. The van der Waals surface area contributed by atoms with E-state index >= 15 is 0 Å². The zero-order valence-corrected chi connectivity index (χ0v) is 13.9. The molecule has 1 heterocycles. The van der Waals surface area contributed by atoms with Gasteiger partial charge < -0.3 is 0 Å². The third-order valence-corrected chi connectivity index (χ3v) is 5.28. The van der Waals surface area contributed by atoms with Gasteiger partial charge in [-0.1, -0.05) is 6.42 Å². The first-order valence-electron chi connectivity index (χ1n) is 6.81. The minimum Gasteiger partial charge on any atom is -0.271 e. The molecule has 2 rings (SSSR count). The number of piperidine rings is 1. The van der Waals surface area contributed by atoms with Crippen LogP contribution in [0.2, 0.25) is 0 Å². The molecule has 6 nitrogen and oxygen atoms in total. The number of nitrogens with one attached hydrogen (secondary N) is 1. The van der Waals surface area contributed by atoms with Gasteiger partial charge in [0.05, 0.1) is 5.69 Å². The van der Waals surface area contributed by atoms with E-state index in [1.54, 1.807) is 36.8 Å². The SMILES string of the molecule is CS(C)(=O)=Nc1ccc(NS(=O)(=O)N2CCCCC2)cc1. The van der Waals surface area contributed by atoms with Crippen molar-refractivity contribution in [3.8, 4) is 0 Å². The van der Waals surface area contributed by atoms with Crippen LogP contribution in [-0.4, -0.2) is 42.5 Å². The summed E-state index contributed by atoms with van der Waals surface area (Å²) in [4.78, 5) is 0. The minimum atomic E-state index is -3.49. The van der Waals surface area contributed by atoms with E-state index in [1.807, 2.05) is 0 Å². The Kier molecular flexibility index (Phi) is 4.90. The highest BCUT2D eigenvalue weighted by Crippen LogP contribution is 2.20. The molecule has 8 heteroatoms. The van der Waals surface area contributed by atoms with Crippen molar-refractivity contribution < 1.29 is 12.6 Å². The average Bonchev–Trinajstić information content (AvgIpc) is 2.40. The van der Waals surface area contributed by atoms with E-state index in [1.165, 1.54) is 4.31 Å². The van der Waals surface area contributed by atoms with Crippen molar-refractivity contribution in [2.24, 2.45) is 4.36 Å². The van der Waals surface area contributed by atoms with Crippen LogP contribution in [-0.2, 0) is 19.9 Å². The van der Waals surface area contributed by atoms with Crippen molar-refractivity contribution in [1.29, 1.82) is 0 Å². The molecule has 0 radical (unpaired) electrons. The van der Waals surface area contributed by atoms with Gasteiger partial charge in [-0.3, -0.25) is 4.72 Å². The van der Waals surface area contributed by atoms with E-state index < -0.39 is 19.9 Å². The van der Waals surface area contributed by atoms with Gasteiger partial charge >= 0.3 is 10.2 Å². The van der Waals surface area contributed by atoms with Gasteiger partial charge in [0.15, 0.2) is 0 Å². The molecule has 1 saturated heterocycles. The Balaban J connectivity index is 2.11. The van der Waals surface area contributed by atoms with Crippen molar-refractivity contribution in [3.05, 3.63) is 24.3 Å². The second-order valence-corrected chi connectivity index (χ2v) is 9.60. The van der Waals surface area contributed by atoms with Crippen LogP contribution >= 0.6 is 0 Å². The third kappa shape index (κ3) is 4.98. The molecule has 0 unspecified atom stereocenters.